The lowest BCUT2D eigenvalue weighted by Crippen LogP contribution is -2.52. The van der Waals surface area contributed by atoms with Gasteiger partial charge < -0.3 is 19.9 Å². The van der Waals surface area contributed by atoms with Crippen LogP contribution in [0.1, 0.15) is 26.3 Å². The summed E-state index contributed by atoms with van der Waals surface area (Å²) in [6.07, 6.45) is -5.03. The van der Waals surface area contributed by atoms with Crippen LogP contribution in [-0.2, 0) is 10.9 Å². The second-order valence-corrected chi connectivity index (χ2v) is 6.93. The first-order valence-electron chi connectivity index (χ1n) is 8.17. The molecule has 0 aliphatic carbocycles. The van der Waals surface area contributed by atoms with Crippen LogP contribution in [0.5, 0.6) is 0 Å². The molecule has 1 aromatic rings. The van der Waals surface area contributed by atoms with Crippen LogP contribution in [0.25, 0.3) is 0 Å². The van der Waals surface area contributed by atoms with E-state index in [1.54, 1.807) is 20.8 Å². The number of nitrogens with zero attached hydrogens (tertiary/aromatic N) is 2. The number of urea groups is 1. The van der Waals surface area contributed by atoms with Crippen molar-refractivity contribution in [2.75, 3.05) is 31.5 Å². The van der Waals surface area contributed by atoms with Gasteiger partial charge in [0.1, 0.15) is 5.60 Å². The van der Waals surface area contributed by atoms with E-state index in [0.717, 1.165) is 6.07 Å². The Balaban J connectivity index is 1.95. The lowest BCUT2D eigenvalue weighted by molar-refractivity contribution is -0.136. The minimum Gasteiger partial charge on any atom is -0.444 e. The third-order valence-electron chi connectivity index (χ3n) is 3.69. The van der Waals surface area contributed by atoms with Crippen molar-refractivity contribution in [1.29, 1.82) is 0 Å². The average molecular weight is 373 g/mol. The first-order valence-corrected chi connectivity index (χ1v) is 8.17. The number of alkyl halides is 3. The van der Waals surface area contributed by atoms with Crippen LogP contribution in [-0.4, -0.2) is 53.7 Å². The van der Waals surface area contributed by atoms with Crippen molar-refractivity contribution >= 4 is 17.8 Å². The molecule has 2 rings (SSSR count). The number of hydrogen-bond acceptors (Lipinski definition) is 3. The zero-order valence-corrected chi connectivity index (χ0v) is 14.9. The zero-order chi connectivity index (χ0) is 19.5. The quantitative estimate of drug-likeness (QED) is 0.815. The number of ether oxygens (including phenoxy) is 1. The van der Waals surface area contributed by atoms with Crippen LogP contribution >= 0.6 is 0 Å². The van der Waals surface area contributed by atoms with Gasteiger partial charge in [0.2, 0.25) is 0 Å². The molecular formula is C17H22F3N3O3. The SMILES string of the molecule is CC(C)(C)OC(=O)N1CCN(C(=O)Nc2ccccc2C(F)(F)F)CC1. The molecule has 26 heavy (non-hydrogen) atoms. The number of carbonyl (C=O) groups is 2. The highest BCUT2D eigenvalue weighted by molar-refractivity contribution is 5.90. The summed E-state index contributed by atoms with van der Waals surface area (Å²) in [4.78, 5) is 27.1. The van der Waals surface area contributed by atoms with Crippen LogP contribution < -0.4 is 5.32 Å². The number of halogens is 3. The van der Waals surface area contributed by atoms with Crippen molar-refractivity contribution in [2.24, 2.45) is 0 Å². The van der Waals surface area contributed by atoms with Crippen molar-refractivity contribution in [3.63, 3.8) is 0 Å². The summed E-state index contributed by atoms with van der Waals surface area (Å²) in [5.74, 6) is 0. The fourth-order valence-electron chi connectivity index (χ4n) is 2.45. The van der Waals surface area contributed by atoms with Crippen molar-refractivity contribution in [2.45, 2.75) is 32.5 Å². The molecule has 0 unspecified atom stereocenters. The highest BCUT2D eigenvalue weighted by atomic mass is 19.4. The molecule has 6 nitrogen and oxygen atoms in total. The van der Waals surface area contributed by atoms with Crippen LogP contribution in [0.15, 0.2) is 24.3 Å². The molecule has 3 amide bonds. The van der Waals surface area contributed by atoms with E-state index in [-0.39, 0.29) is 31.9 Å². The molecular weight excluding hydrogens is 351 g/mol. The number of anilines is 1. The molecule has 1 fully saturated rings. The molecule has 1 heterocycles. The van der Waals surface area contributed by atoms with Gasteiger partial charge in [0.25, 0.3) is 0 Å². The highest BCUT2D eigenvalue weighted by Crippen LogP contribution is 2.34. The molecule has 0 bridgehead atoms. The molecule has 0 aromatic heterocycles. The Morgan fingerprint density at radius 2 is 1.54 bits per heavy atom. The number of para-hydroxylation sites is 1. The largest absolute Gasteiger partial charge is 0.444 e. The summed E-state index contributed by atoms with van der Waals surface area (Å²) in [6, 6.07) is 4.17. The smallest absolute Gasteiger partial charge is 0.418 e. The summed E-state index contributed by atoms with van der Waals surface area (Å²) in [5, 5.41) is 2.30. The van der Waals surface area contributed by atoms with E-state index in [4.69, 9.17) is 4.74 Å². The summed E-state index contributed by atoms with van der Waals surface area (Å²) in [7, 11) is 0. The third kappa shape index (κ3) is 5.27. The zero-order valence-electron chi connectivity index (χ0n) is 14.9. The Bertz CT molecular complexity index is 663. The first kappa shape index (κ1) is 19.9. The third-order valence-corrected chi connectivity index (χ3v) is 3.69. The number of nitrogens with one attached hydrogen (secondary N) is 1. The second-order valence-electron chi connectivity index (χ2n) is 6.93. The Labute approximate surface area is 149 Å². The molecule has 1 saturated heterocycles. The minimum absolute atomic E-state index is 0.208. The van der Waals surface area contributed by atoms with Crippen LogP contribution in [0.2, 0.25) is 0 Å². The summed E-state index contributed by atoms with van der Waals surface area (Å²) >= 11 is 0. The first-order chi connectivity index (χ1) is 12.0. The highest BCUT2D eigenvalue weighted by Gasteiger charge is 2.34. The van der Waals surface area contributed by atoms with E-state index >= 15 is 0 Å². The summed E-state index contributed by atoms with van der Waals surface area (Å²) in [5.41, 5.74) is -1.81. The van der Waals surface area contributed by atoms with E-state index in [0.29, 0.717) is 0 Å². The van der Waals surface area contributed by atoms with Gasteiger partial charge >= 0.3 is 18.3 Å². The van der Waals surface area contributed by atoms with E-state index in [9.17, 15) is 22.8 Å². The van der Waals surface area contributed by atoms with E-state index in [1.807, 2.05) is 0 Å². The van der Waals surface area contributed by atoms with Gasteiger partial charge in [0.15, 0.2) is 0 Å². The van der Waals surface area contributed by atoms with Crippen molar-refractivity contribution in [3.8, 4) is 0 Å². The number of hydrogen-bond donors (Lipinski definition) is 1. The summed E-state index contributed by atoms with van der Waals surface area (Å²) < 4.78 is 44.2. The monoisotopic (exact) mass is 373 g/mol. The van der Waals surface area contributed by atoms with Gasteiger partial charge in [-0.05, 0) is 32.9 Å². The fraction of sp³-hybridized carbons (Fsp3) is 0.529. The molecule has 1 N–H and O–H groups in total. The molecule has 0 spiro atoms. The average Bonchev–Trinajstić information content (AvgIpc) is 2.53. The Kier molecular flexibility index (Phi) is 5.68. The van der Waals surface area contributed by atoms with Crippen LogP contribution in [0.3, 0.4) is 0 Å². The number of carbonyl (C=O) groups excluding carboxylic acids is 2. The maximum absolute atomic E-state index is 13.0. The predicted octanol–water partition coefficient (Wildman–Crippen LogP) is 3.79. The number of amides is 3. The van der Waals surface area contributed by atoms with Gasteiger partial charge in [0.05, 0.1) is 11.3 Å². The maximum Gasteiger partial charge on any atom is 0.418 e. The van der Waals surface area contributed by atoms with Gasteiger partial charge in [-0.1, -0.05) is 12.1 Å². The second kappa shape index (κ2) is 7.43. The molecule has 1 aliphatic heterocycles. The maximum atomic E-state index is 13.0. The van der Waals surface area contributed by atoms with E-state index in [1.165, 1.54) is 28.0 Å². The van der Waals surface area contributed by atoms with E-state index < -0.39 is 29.5 Å². The number of benzene rings is 1. The molecule has 0 atom stereocenters. The Morgan fingerprint density at radius 3 is 2.08 bits per heavy atom. The molecule has 1 aliphatic rings. The van der Waals surface area contributed by atoms with Crippen molar-refractivity contribution in [3.05, 3.63) is 29.8 Å². The van der Waals surface area contributed by atoms with Gasteiger partial charge in [-0.2, -0.15) is 13.2 Å². The lowest BCUT2D eigenvalue weighted by Gasteiger charge is -2.35. The Morgan fingerprint density at radius 1 is 1.00 bits per heavy atom. The molecule has 0 radical (unpaired) electrons. The number of rotatable bonds is 1. The van der Waals surface area contributed by atoms with Crippen LogP contribution in [0, 0.1) is 0 Å². The van der Waals surface area contributed by atoms with Gasteiger partial charge in [-0.3, -0.25) is 0 Å². The van der Waals surface area contributed by atoms with Crippen LogP contribution in [0.4, 0.5) is 28.4 Å². The Hall–Kier alpha value is -2.45. The molecule has 1 aromatic carbocycles. The van der Waals surface area contributed by atoms with Gasteiger partial charge in [-0.25, -0.2) is 9.59 Å². The predicted molar refractivity (Wildman–Crippen MR) is 89.8 cm³/mol. The molecule has 144 valence electrons. The lowest BCUT2D eigenvalue weighted by atomic mass is 10.1. The molecule has 9 heteroatoms. The van der Waals surface area contributed by atoms with Crippen molar-refractivity contribution in [1.82, 2.24) is 9.80 Å². The number of piperazine rings is 1. The van der Waals surface area contributed by atoms with Gasteiger partial charge in [-0.15, -0.1) is 0 Å². The summed E-state index contributed by atoms with van der Waals surface area (Å²) in [6.45, 7) is 6.19. The standard InChI is InChI=1S/C17H22F3N3O3/c1-16(2,3)26-15(25)23-10-8-22(9-11-23)14(24)21-13-7-5-4-6-12(13)17(18,19)20/h4-7H,8-11H2,1-3H3,(H,21,24). The minimum atomic E-state index is -4.56. The van der Waals surface area contributed by atoms with E-state index in [2.05, 4.69) is 5.32 Å². The van der Waals surface area contributed by atoms with Crippen molar-refractivity contribution < 1.29 is 27.5 Å². The normalized spacial score (nSPS) is 15.6. The van der Waals surface area contributed by atoms with Gasteiger partial charge in [0, 0.05) is 26.2 Å². The molecule has 0 saturated carbocycles. The topological polar surface area (TPSA) is 61.9 Å². The fourth-order valence-corrected chi connectivity index (χ4v) is 2.45.